The molecular formula is C17H27NO3. The van der Waals surface area contributed by atoms with Gasteiger partial charge in [0, 0.05) is 19.6 Å². The van der Waals surface area contributed by atoms with Crippen molar-refractivity contribution in [3.05, 3.63) is 23.8 Å². The molecular weight excluding hydrogens is 266 g/mol. The predicted octanol–water partition coefficient (Wildman–Crippen LogP) is 2.88. The molecule has 1 aromatic rings. The second-order valence-corrected chi connectivity index (χ2v) is 5.87. The Bertz CT molecular complexity index is 440. The van der Waals surface area contributed by atoms with Crippen LogP contribution in [0.3, 0.4) is 0 Å². The number of ether oxygens (including phenoxy) is 3. The van der Waals surface area contributed by atoms with E-state index in [-0.39, 0.29) is 0 Å². The zero-order valence-corrected chi connectivity index (χ0v) is 13.6. The van der Waals surface area contributed by atoms with Gasteiger partial charge in [-0.15, -0.1) is 0 Å². The van der Waals surface area contributed by atoms with E-state index in [0.717, 1.165) is 37.6 Å². The first kappa shape index (κ1) is 16.1. The first-order valence-electron chi connectivity index (χ1n) is 7.73. The standard InChI is InChI=1S/C17H27NO3/c1-13-6-7-16(17(10-13)19-4)20-9-5-8-18-11-14(2)21-15(3)12-18/h6-7,10,14-15H,5,8-9,11-12H2,1-4H3. The number of methoxy groups -OCH3 is 1. The molecule has 0 amide bonds. The van der Waals surface area contributed by atoms with Gasteiger partial charge in [-0.25, -0.2) is 0 Å². The fourth-order valence-electron chi connectivity index (χ4n) is 2.83. The molecule has 2 rings (SSSR count). The van der Waals surface area contributed by atoms with Gasteiger partial charge in [-0.2, -0.15) is 0 Å². The molecule has 0 radical (unpaired) electrons. The van der Waals surface area contributed by atoms with Crippen molar-refractivity contribution in [2.45, 2.75) is 39.4 Å². The number of aryl methyl sites for hydroxylation is 1. The van der Waals surface area contributed by atoms with Crippen LogP contribution in [0.5, 0.6) is 11.5 Å². The Morgan fingerprint density at radius 2 is 1.90 bits per heavy atom. The molecule has 118 valence electrons. The lowest BCUT2D eigenvalue weighted by Gasteiger charge is -2.35. The summed E-state index contributed by atoms with van der Waals surface area (Å²) in [5.74, 6) is 1.63. The molecule has 1 aliphatic heterocycles. The van der Waals surface area contributed by atoms with Gasteiger partial charge in [-0.3, -0.25) is 4.90 Å². The van der Waals surface area contributed by atoms with Crippen molar-refractivity contribution < 1.29 is 14.2 Å². The van der Waals surface area contributed by atoms with Gasteiger partial charge in [0.05, 0.1) is 25.9 Å². The highest BCUT2D eigenvalue weighted by atomic mass is 16.5. The smallest absolute Gasteiger partial charge is 0.161 e. The minimum Gasteiger partial charge on any atom is -0.493 e. The van der Waals surface area contributed by atoms with Crippen molar-refractivity contribution >= 4 is 0 Å². The fourth-order valence-corrected chi connectivity index (χ4v) is 2.83. The minimum absolute atomic E-state index is 0.326. The van der Waals surface area contributed by atoms with Crippen LogP contribution in [0, 0.1) is 6.92 Å². The van der Waals surface area contributed by atoms with E-state index in [2.05, 4.69) is 18.7 Å². The maximum Gasteiger partial charge on any atom is 0.161 e. The van der Waals surface area contributed by atoms with E-state index in [9.17, 15) is 0 Å². The summed E-state index contributed by atoms with van der Waals surface area (Å²) >= 11 is 0. The van der Waals surface area contributed by atoms with Crippen molar-refractivity contribution in [2.75, 3.05) is 33.4 Å². The first-order valence-corrected chi connectivity index (χ1v) is 7.73. The molecule has 21 heavy (non-hydrogen) atoms. The Kier molecular flexibility index (Phi) is 5.88. The van der Waals surface area contributed by atoms with E-state index in [0.29, 0.717) is 18.8 Å². The topological polar surface area (TPSA) is 30.9 Å². The van der Waals surface area contributed by atoms with E-state index in [1.807, 2.05) is 25.1 Å². The van der Waals surface area contributed by atoms with Crippen molar-refractivity contribution in [3.8, 4) is 11.5 Å². The normalized spacial score (nSPS) is 23.0. The van der Waals surface area contributed by atoms with Crippen LogP contribution in [0.4, 0.5) is 0 Å². The first-order chi connectivity index (χ1) is 10.1. The summed E-state index contributed by atoms with van der Waals surface area (Å²) in [7, 11) is 1.68. The molecule has 1 heterocycles. The van der Waals surface area contributed by atoms with Crippen molar-refractivity contribution in [1.29, 1.82) is 0 Å². The van der Waals surface area contributed by atoms with Crippen LogP contribution in [0.25, 0.3) is 0 Å². The van der Waals surface area contributed by atoms with Crippen LogP contribution in [0.1, 0.15) is 25.8 Å². The van der Waals surface area contributed by atoms with E-state index >= 15 is 0 Å². The summed E-state index contributed by atoms with van der Waals surface area (Å²) in [6, 6.07) is 6.02. The molecule has 4 heteroatoms. The molecule has 1 aromatic carbocycles. The minimum atomic E-state index is 0.326. The maximum atomic E-state index is 5.84. The van der Waals surface area contributed by atoms with E-state index in [4.69, 9.17) is 14.2 Å². The summed E-state index contributed by atoms with van der Waals surface area (Å²) in [5, 5.41) is 0. The third kappa shape index (κ3) is 4.90. The van der Waals surface area contributed by atoms with Crippen LogP contribution in [0.2, 0.25) is 0 Å². The molecule has 4 nitrogen and oxygen atoms in total. The molecule has 0 N–H and O–H groups in total. The lowest BCUT2D eigenvalue weighted by Crippen LogP contribution is -2.45. The Labute approximate surface area is 128 Å². The van der Waals surface area contributed by atoms with Gasteiger partial charge in [0.2, 0.25) is 0 Å². The maximum absolute atomic E-state index is 5.84. The Morgan fingerprint density at radius 1 is 1.19 bits per heavy atom. The number of hydrogen-bond donors (Lipinski definition) is 0. The molecule has 2 atom stereocenters. The van der Waals surface area contributed by atoms with Crippen molar-refractivity contribution in [3.63, 3.8) is 0 Å². The Morgan fingerprint density at radius 3 is 2.57 bits per heavy atom. The lowest BCUT2D eigenvalue weighted by molar-refractivity contribution is -0.0686. The van der Waals surface area contributed by atoms with Crippen molar-refractivity contribution in [1.82, 2.24) is 4.90 Å². The quantitative estimate of drug-likeness (QED) is 0.755. The monoisotopic (exact) mass is 293 g/mol. The molecule has 2 unspecified atom stereocenters. The Balaban J connectivity index is 1.74. The highest BCUT2D eigenvalue weighted by Crippen LogP contribution is 2.27. The number of nitrogens with zero attached hydrogens (tertiary/aromatic N) is 1. The van der Waals surface area contributed by atoms with Crippen LogP contribution in [-0.4, -0.2) is 50.5 Å². The summed E-state index contributed by atoms with van der Waals surface area (Å²) in [6.07, 6.45) is 1.66. The molecule has 0 saturated carbocycles. The van der Waals surface area contributed by atoms with Crippen LogP contribution in [-0.2, 0) is 4.74 Å². The zero-order chi connectivity index (χ0) is 15.2. The van der Waals surface area contributed by atoms with E-state index < -0.39 is 0 Å². The molecule has 1 fully saturated rings. The van der Waals surface area contributed by atoms with Gasteiger partial charge >= 0.3 is 0 Å². The molecule has 0 aliphatic carbocycles. The summed E-state index contributed by atoms with van der Waals surface area (Å²) in [6.45, 7) is 10.1. The number of hydrogen-bond acceptors (Lipinski definition) is 4. The molecule has 0 aromatic heterocycles. The van der Waals surface area contributed by atoms with E-state index in [1.165, 1.54) is 5.56 Å². The van der Waals surface area contributed by atoms with Gasteiger partial charge in [-0.1, -0.05) is 6.07 Å². The second-order valence-electron chi connectivity index (χ2n) is 5.87. The fraction of sp³-hybridized carbons (Fsp3) is 0.647. The largest absolute Gasteiger partial charge is 0.493 e. The number of morpholine rings is 1. The average Bonchev–Trinajstić information content (AvgIpc) is 2.43. The van der Waals surface area contributed by atoms with Crippen LogP contribution in [0.15, 0.2) is 18.2 Å². The summed E-state index contributed by atoms with van der Waals surface area (Å²) in [5.41, 5.74) is 1.18. The molecule has 1 saturated heterocycles. The van der Waals surface area contributed by atoms with E-state index in [1.54, 1.807) is 7.11 Å². The molecule has 0 spiro atoms. The number of rotatable bonds is 6. The van der Waals surface area contributed by atoms with Gasteiger partial charge < -0.3 is 14.2 Å². The molecule has 1 aliphatic rings. The highest BCUT2D eigenvalue weighted by Gasteiger charge is 2.21. The average molecular weight is 293 g/mol. The van der Waals surface area contributed by atoms with Gasteiger partial charge in [-0.05, 0) is 44.9 Å². The third-order valence-electron chi connectivity index (χ3n) is 3.69. The molecule has 0 bridgehead atoms. The van der Waals surface area contributed by atoms with Crippen molar-refractivity contribution in [2.24, 2.45) is 0 Å². The van der Waals surface area contributed by atoms with Gasteiger partial charge in [0.15, 0.2) is 11.5 Å². The third-order valence-corrected chi connectivity index (χ3v) is 3.69. The van der Waals surface area contributed by atoms with Crippen LogP contribution < -0.4 is 9.47 Å². The van der Waals surface area contributed by atoms with Gasteiger partial charge in [0.1, 0.15) is 0 Å². The predicted molar refractivity (Wildman–Crippen MR) is 84.3 cm³/mol. The Hall–Kier alpha value is -1.26. The van der Waals surface area contributed by atoms with Gasteiger partial charge in [0.25, 0.3) is 0 Å². The van der Waals surface area contributed by atoms with Crippen LogP contribution >= 0.6 is 0 Å². The highest BCUT2D eigenvalue weighted by molar-refractivity contribution is 5.42. The zero-order valence-electron chi connectivity index (χ0n) is 13.6. The SMILES string of the molecule is COc1cc(C)ccc1OCCCN1CC(C)OC(C)C1. The second kappa shape index (κ2) is 7.66. The summed E-state index contributed by atoms with van der Waals surface area (Å²) < 4.78 is 16.9. The number of benzene rings is 1. The lowest BCUT2D eigenvalue weighted by atomic mass is 10.2. The summed E-state index contributed by atoms with van der Waals surface area (Å²) in [4.78, 5) is 2.45.